The number of piperidine rings is 1. The van der Waals surface area contributed by atoms with E-state index in [1.165, 1.54) is 29.7 Å². The summed E-state index contributed by atoms with van der Waals surface area (Å²) in [6.45, 7) is 7.64. The van der Waals surface area contributed by atoms with Gasteiger partial charge in [0.15, 0.2) is 0 Å². The summed E-state index contributed by atoms with van der Waals surface area (Å²) in [5, 5.41) is 3.67. The number of rotatable bonds is 5. The zero-order valence-electron chi connectivity index (χ0n) is 13.6. The topological polar surface area (TPSA) is 44.0 Å². The number of imidazole rings is 1. The number of anilines is 1. The standard InChI is InChI=1S/C18H26N4/c1-14-11-15(2)13-17(12-14)22-9-4-16(5-10-22)19-6-3-18-20-7-8-21-18/h7-8,11-13,16,19H,3-6,9-10H2,1-2H3,(H,20,21). The Hall–Kier alpha value is -1.81. The Kier molecular flexibility index (Phi) is 4.78. The van der Waals surface area contributed by atoms with Gasteiger partial charge in [0, 0.05) is 50.2 Å². The molecule has 0 spiro atoms. The number of hydrogen-bond donors (Lipinski definition) is 2. The van der Waals surface area contributed by atoms with Crippen molar-refractivity contribution in [1.82, 2.24) is 15.3 Å². The molecule has 1 fully saturated rings. The van der Waals surface area contributed by atoms with Gasteiger partial charge in [0.25, 0.3) is 0 Å². The average Bonchev–Trinajstić information content (AvgIpc) is 3.00. The molecular formula is C18H26N4. The third-order valence-corrected chi connectivity index (χ3v) is 4.42. The molecule has 0 aliphatic carbocycles. The van der Waals surface area contributed by atoms with Crippen LogP contribution in [-0.2, 0) is 6.42 Å². The molecule has 1 aromatic heterocycles. The van der Waals surface area contributed by atoms with Crippen LogP contribution in [0.15, 0.2) is 30.6 Å². The lowest BCUT2D eigenvalue weighted by atomic mass is 10.0. The largest absolute Gasteiger partial charge is 0.371 e. The molecule has 1 aliphatic heterocycles. The molecular weight excluding hydrogens is 272 g/mol. The van der Waals surface area contributed by atoms with Crippen LogP contribution in [0, 0.1) is 13.8 Å². The highest BCUT2D eigenvalue weighted by molar-refractivity contribution is 5.51. The monoisotopic (exact) mass is 298 g/mol. The Balaban J connectivity index is 1.45. The van der Waals surface area contributed by atoms with Gasteiger partial charge in [0.1, 0.15) is 5.82 Å². The van der Waals surface area contributed by atoms with E-state index in [0.717, 1.165) is 31.9 Å². The van der Waals surface area contributed by atoms with Crippen LogP contribution in [0.4, 0.5) is 5.69 Å². The quantitative estimate of drug-likeness (QED) is 0.892. The van der Waals surface area contributed by atoms with Crippen LogP contribution in [0.5, 0.6) is 0 Å². The van der Waals surface area contributed by atoms with Crippen molar-refractivity contribution in [3.63, 3.8) is 0 Å². The van der Waals surface area contributed by atoms with Crippen LogP contribution in [0.25, 0.3) is 0 Å². The summed E-state index contributed by atoms with van der Waals surface area (Å²) in [5.41, 5.74) is 4.09. The van der Waals surface area contributed by atoms with Crippen molar-refractivity contribution >= 4 is 5.69 Å². The Morgan fingerprint density at radius 1 is 1.18 bits per heavy atom. The maximum atomic E-state index is 4.26. The molecule has 0 unspecified atom stereocenters. The zero-order valence-corrected chi connectivity index (χ0v) is 13.6. The first-order valence-electron chi connectivity index (χ1n) is 8.25. The number of H-pyrrole nitrogens is 1. The lowest BCUT2D eigenvalue weighted by Crippen LogP contribution is -2.43. The molecule has 1 saturated heterocycles. The Labute approximate surface area is 133 Å². The highest BCUT2D eigenvalue weighted by Crippen LogP contribution is 2.22. The van der Waals surface area contributed by atoms with Crippen molar-refractivity contribution in [2.45, 2.75) is 39.2 Å². The van der Waals surface area contributed by atoms with Gasteiger partial charge in [0.05, 0.1) is 0 Å². The summed E-state index contributed by atoms with van der Waals surface area (Å²) in [6, 6.07) is 7.49. The Morgan fingerprint density at radius 2 is 1.91 bits per heavy atom. The van der Waals surface area contributed by atoms with Gasteiger partial charge in [-0.05, 0) is 49.9 Å². The van der Waals surface area contributed by atoms with Crippen LogP contribution in [-0.4, -0.2) is 35.6 Å². The molecule has 0 saturated carbocycles. The molecule has 1 aliphatic rings. The van der Waals surface area contributed by atoms with Crippen LogP contribution < -0.4 is 10.2 Å². The number of aromatic nitrogens is 2. The first-order valence-corrected chi connectivity index (χ1v) is 8.25. The zero-order chi connectivity index (χ0) is 15.4. The number of benzene rings is 1. The molecule has 118 valence electrons. The van der Waals surface area contributed by atoms with Crippen LogP contribution >= 0.6 is 0 Å². The predicted octanol–water partition coefficient (Wildman–Crippen LogP) is 2.83. The van der Waals surface area contributed by atoms with E-state index in [9.17, 15) is 0 Å². The van der Waals surface area contributed by atoms with Gasteiger partial charge in [-0.25, -0.2) is 4.98 Å². The summed E-state index contributed by atoms with van der Waals surface area (Å²) >= 11 is 0. The van der Waals surface area contributed by atoms with Gasteiger partial charge in [-0.3, -0.25) is 0 Å². The van der Waals surface area contributed by atoms with Gasteiger partial charge in [-0.1, -0.05) is 6.07 Å². The maximum Gasteiger partial charge on any atom is 0.107 e. The van der Waals surface area contributed by atoms with Gasteiger partial charge in [-0.2, -0.15) is 0 Å². The molecule has 2 heterocycles. The summed E-state index contributed by atoms with van der Waals surface area (Å²) in [7, 11) is 0. The van der Waals surface area contributed by atoms with E-state index in [2.05, 4.69) is 52.2 Å². The predicted molar refractivity (Wildman–Crippen MR) is 91.4 cm³/mol. The SMILES string of the molecule is Cc1cc(C)cc(N2CCC(NCCc3ncc[nH]3)CC2)c1. The van der Waals surface area contributed by atoms with E-state index < -0.39 is 0 Å². The molecule has 4 nitrogen and oxygen atoms in total. The molecule has 2 aromatic rings. The summed E-state index contributed by atoms with van der Waals surface area (Å²) in [6.07, 6.45) is 7.11. The van der Waals surface area contributed by atoms with Crippen LogP contribution in [0.3, 0.4) is 0 Å². The van der Waals surface area contributed by atoms with Crippen LogP contribution in [0.1, 0.15) is 29.8 Å². The van der Waals surface area contributed by atoms with Gasteiger partial charge in [-0.15, -0.1) is 0 Å². The van der Waals surface area contributed by atoms with Crippen LogP contribution in [0.2, 0.25) is 0 Å². The highest BCUT2D eigenvalue weighted by atomic mass is 15.1. The van der Waals surface area contributed by atoms with Crippen molar-refractivity contribution in [3.8, 4) is 0 Å². The second-order valence-electron chi connectivity index (χ2n) is 6.35. The smallest absolute Gasteiger partial charge is 0.107 e. The van der Waals surface area contributed by atoms with Gasteiger partial charge >= 0.3 is 0 Å². The van der Waals surface area contributed by atoms with E-state index >= 15 is 0 Å². The maximum absolute atomic E-state index is 4.26. The number of nitrogens with zero attached hydrogens (tertiary/aromatic N) is 2. The van der Waals surface area contributed by atoms with E-state index in [0.29, 0.717) is 6.04 Å². The molecule has 0 atom stereocenters. The first-order chi connectivity index (χ1) is 10.7. The minimum absolute atomic E-state index is 0.636. The fraction of sp³-hybridized carbons (Fsp3) is 0.500. The fourth-order valence-electron chi connectivity index (χ4n) is 3.30. The van der Waals surface area contributed by atoms with E-state index in [1.807, 2.05) is 12.4 Å². The Bertz CT molecular complexity index is 563. The average molecular weight is 298 g/mol. The molecule has 0 bridgehead atoms. The van der Waals surface area contributed by atoms with Crippen molar-refractivity contribution < 1.29 is 0 Å². The molecule has 0 amide bonds. The Morgan fingerprint density at radius 3 is 2.55 bits per heavy atom. The molecule has 1 aromatic carbocycles. The summed E-state index contributed by atoms with van der Waals surface area (Å²) in [5.74, 6) is 1.07. The molecule has 22 heavy (non-hydrogen) atoms. The number of aryl methyl sites for hydroxylation is 2. The normalized spacial score (nSPS) is 16.2. The van der Waals surface area contributed by atoms with Gasteiger partial charge < -0.3 is 15.2 Å². The molecule has 0 radical (unpaired) electrons. The minimum Gasteiger partial charge on any atom is -0.371 e. The fourth-order valence-corrected chi connectivity index (χ4v) is 3.30. The highest BCUT2D eigenvalue weighted by Gasteiger charge is 2.19. The van der Waals surface area contributed by atoms with E-state index in [1.54, 1.807) is 0 Å². The third kappa shape index (κ3) is 3.89. The number of hydrogen-bond acceptors (Lipinski definition) is 3. The molecule has 4 heteroatoms. The lowest BCUT2D eigenvalue weighted by molar-refractivity contribution is 0.416. The molecule has 2 N–H and O–H groups in total. The first kappa shape index (κ1) is 15.1. The van der Waals surface area contributed by atoms with Crippen molar-refractivity contribution in [3.05, 3.63) is 47.5 Å². The van der Waals surface area contributed by atoms with E-state index in [4.69, 9.17) is 0 Å². The van der Waals surface area contributed by atoms with E-state index in [-0.39, 0.29) is 0 Å². The summed E-state index contributed by atoms with van der Waals surface area (Å²) in [4.78, 5) is 9.94. The van der Waals surface area contributed by atoms with Gasteiger partial charge in [0.2, 0.25) is 0 Å². The van der Waals surface area contributed by atoms with Crippen molar-refractivity contribution in [1.29, 1.82) is 0 Å². The second-order valence-corrected chi connectivity index (χ2v) is 6.35. The lowest BCUT2D eigenvalue weighted by Gasteiger charge is -2.34. The number of nitrogens with one attached hydrogen (secondary N) is 2. The summed E-state index contributed by atoms with van der Waals surface area (Å²) < 4.78 is 0. The third-order valence-electron chi connectivity index (χ3n) is 4.42. The van der Waals surface area contributed by atoms with Crippen molar-refractivity contribution in [2.75, 3.05) is 24.5 Å². The van der Waals surface area contributed by atoms with Crippen molar-refractivity contribution in [2.24, 2.45) is 0 Å². The minimum atomic E-state index is 0.636. The molecule has 3 rings (SSSR count). The second kappa shape index (κ2) is 6.97. The number of aromatic amines is 1.